The molecule has 0 rings (SSSR count). The zero-order valence-electron chi connectivity index (χ0n) is 8.36. The standard InChI is InChI=1S/C9H17NO4/c1-2-3-5-14-6-4-8(9(12)13)10-7-11/h7-8H,2-6H2,1H3,(H,10,11)(H,12,13). The smallest absolute Gasteiger partial charge is 0.326 e. The van der Waals surface area contributed by atoms with Crippen LogP contribution >= 0.6 is 0 Å². The van der Waals surface area contributed by atoms with Gasteiger partial charge in [0.15, 0.2) is 0 Å². The van der Waals surface area contributed by atoms with Crippen LogP contribution in [0.5, 0.6) is 0 Å². The van der Waals surface area contributed by atoms with Crippen LogP contribution in [0.2, 0.25) is 0 Å². The summed E-state index contributed by atoms with van der Waals surface area (Å²) in [6.07, 6.45) is 2.72. The Hall–Kier alpha value is -1.10. The summed E-state index contributed by atoms with van der Waals surface area (Å²) in [6.45, 7) is 3.05. The molecule has 1 amide bonds. The number of carbonyl (C=O) groups is 2. The number of unbranched alkanes of at least 4 members (excludes halogenated alkanes) is 1. The quantitative estimate of drug-likeness (QED) is 0.420. The van der Waals surface area contributed by atoms with Crippen LogP contribution < -0.4 is 5.32 Å². The van der Waals surface area contributed by atoms with Crippen molar-refractivity contribution in [3.8, 4) is 0 Å². The van der Waals surface area contributed by atoms with Gasteiger partial charge in [-0.25, -0.2) is 4.79 Å². The van der Waals surface area contributed by atoms with E-state index >= 15 is 0 Å². The second kappa shape index (κ2) is 8.50. The molecule has 0 aromatic heterocycles. The average molecular weight is 203 g/mol. The molecule has 0 radical (unpaired) electrons. The number of nitrogens with one attached hydrogen (secondary N) is 1. The highest BCUT2D eigenvalue weighted by molar-refractivity contribution is 5.76. The lowest BCUT2D eigenvalue weighted by atomic mass is 10.2. The maximum Gasteiger partial charge on any atom is 0.326 e. The molecule has 0 saturated heterocycles. The molecule has 5 heteroatoms. The molecule has 1 unspecified atom stereocenters. The predicted octanol–water partition coefficient (Wildman–Crippen LogP) is 0.392. The fourth-order valence-corrected chi connectivity index (χ4v) is 0.910. The lowest BCUT2D eigenvalue weighted by Gasteiger charge is -2.10. The van der Waals surface area contributed by atoms with Gasteiger partial charge in [-0.15, -0.1) is 0 Å². The minimum atomic E-state index is -1.03. The summed E-state index contributed by atoms with van der Waals surface area (Å²) in [5.74, 6) is -1.03. The number of amides is 1. The molecule has 0 spiro atoms. The van der Waals surface area contributed by atoms with E-state index in [1.165, 1.54) is 0 Å². The molecule has 0 aliphatic rings. The summed E-state index contributed by atoms with van der Waals surface area (Å²) in [4.78, 5) is 20.6. The monoisotopic (exact) mass is 203 g/mol. The van der Waals surface area contributed by atoms with Crippen LogP contribution in [0.3, 0.4) is 0 Å². The topological polar surface area (TPSA) is 75.6 Å². The average Bonchev–Trinajstić information content (AvgIpc) is 2.15. The van der Waals surface area contributed by atoms with Crippen molar-refractivity contribution in [3.05, 3.63) is 0 Å². The van der Waals surface area contributed by atoms with Crippen LogP contribution in [-0.4, -0.2) is 36.7 Å². The fraction of sp³-hybridized carbons (Fsp3) is 0.778. The Balaban J connectivity index is 3.50. The number of aliphatic carboxylic acids is 1. The predicted molar refractivity (Wildman–Crippen MR) is 51.0 cm³/mol. The molecule has 82 valence electrons. The first kappa shape index (κ1) is 12.9. The Morgan fingerprint density at radius 2 is 2.29 bits per heavy atom. The number of hydrogen-bond acceptors (Lipinski definition) is 3. The maximum absolute atomic E-state index is 10.5. The molecule has 0 bridgehead atoms. The van der Waals surface area contributed by atoms with Crippen LogP contribution in [0, 0.1) is 0 Å². The molecular formula is C9H17NO4. The molecule has 0 aliphatic heterocycles. The summed E-state index contributed by atoms with van der Waals surface area (Å²) in [5, 5.41) is 10.8. The molecule has 1 atom stereocenters. The molecule has 0 aromatic carbocycles. The summed E-state index contributed by atoms with van der Waals surface area (Å²) < 4.78 is 5.18. The number of carboxylic acids is 1. The van der Waals surface area contributed by atoms with E-state index in [4.69, 9.17) is 9.84 Å². The first-order valence-electron chi connectivity index (χ1n) is 4.72. The van der Waals surface area contributed by atoms with Gasteiger partial charge in [-0.3, -0.25) is 4.79 Å². The molecule has 0 fully saturated rings. The Kier molecular flexibility index (Phi) is 7.83. The molecule has 5 nitrogen and oxygen atoms in total. The molecule has 0 aliphatic carbocycles. The van der Waals surface area contributed by atoms with Crippen LogP contribution in [0.15, 0.2) is 0 Å². The normalized spacial score (nSPS) is 12.1. The number of rotatable bonds is 9. The number of ether oxygens (including phenoxy) is 1. The first-order valence-corrected chi connectivity index (χ1v) is 4.72. The minimum Gasteiger partial charge on any atom is -0.480 e. The van der Waals surface area contributed by atoms with Crippen LogP contribution in [0.25, 0.3) is 0 Å². The zero-order valence-corrected chi connectivity index (χ0v) is 8.36. The van der Waals surface area contributed by atoms with Crippen LogP contribution in [0.4, 0.5) is 0 Å². The second-order valence-electron chi connectivity index (χ2n) is 2.93. The van der Waals surface area contributed by atoms with Gasteiger partial charge in [-0.2, -0.15) is 0 Å². The minimum absolute atomic E-state index is 0.303. The number of hydrogen-bond donors (Lipinski definition) is 2. The number of carbonyl (C=O) groups excluding carboxylic acids is 1. The van der Waals surface area contributed by atoms with E-state index in [9.17, 15) is 9.59 Å². The molecule has 0 aromatic rings. The lowest BCUT2D eigenvalue weighted by molar-refractivity contribution is -0.141. The van der Waals surface area contributed by atoms with E-state index in [1.807, 2.05) is 0 Å². The zero-order chi connectivity index (χ0) is 10.8. The molecule has 2 N–H and O–H groups in total. The van der Waals surface area contributed by atoms with E-state index in [1.54, 1.807) is 0 Å². The van der Waals surface area contributed by atoms with E-state index in [2.05, 4.69) is 12.2 Å². The highest BCUT2D eigenvalue weighted by Crippen LogP contribution is 1.94. The van der Waals surface area contributed by atoms with Gasteiger partial charge >= 0.3 is 5.97 Å². The van der Waals surface area contributed by atoms with Crippen molar-refractivity contribution in [2.45, 2.75) is 32.2 Å². The summed E-state index contributed by atoms with van der Waals surface area (Å²) in [5.41, 5.74) is 0. The van der Waals surface area contributed by atoms with Gasteiger partial charge in [0.1, 0.15) is 6.04 Å². The molecule has 14 heavy (non-hydrogen) atoms. The fourth-order valence-electron chi connectivity index (χ4n) is 0.910. The SMILES string of the molecule is CCCCOCCC(NC=O)C(=O)O. The largest absolute Gasteiger partial charge is 0.480 e. The van der Waals surface area contributed by atoms with Crippen LogP contribution in [0.1, 0.15) is 26.2 Å². The summed E-state index contributed by atoms with van der Waals surface area (Å²) in [7, 11) is 0. The van der Waals surface area contributed by atoms with E-state index < -0.39 is 12.0 Å². The Bertz CT molecular complexity index is 172. The van der Waals surface area contributed by atoms with Crippen molar-refractivity contribution in [3.63, 3.8) is 0 Å². The van der Waals surface area contributed by atoms with Crippen molar-refractivity contribution in [2.75, 3.05) is 13.2 Å². The van der Waals surface area contributed by atoms with Crippen molar-refractivity contribution in [1.29, 1.82) is 0 Å². The van der Waals surface area contributed by atoms with Gasteiger partial charge in [0.2, 0.25) is 6.41 Å². The second-order valence-corrected chi connectivity index (χ2v) is 2.93. The van der Waals surface area contributed by atoms with Gasteiger partial charge in [0.25, 0.3) is 0 Å². The molecule has 0 heterocycles. The van der Waals surface area contributed by atoms with Crippen molar-refractivity contribution < 1.29 is 19.4 Å². The van der Waals surface area contributed by atoms with E-state index in [0.717, 1.165) is 12.8 Å². The maximum atomic E-state index is 10.5. The summed E-state index contributed by atoms with van der Waals surface area (Å²) >= 11 is 0. The van der Waals surface area contributed by atoms with Gasteiger partial charge in [-0.1, -0.05) is 13.3 Å². The van der Waals surface area contributed by atoms with E-state index in [-0.39, 0.29) is 0 Å². The Morgan fingerprint density at radius 1 is 1.57 bits per heavy atom. The van der Waals surface area contributed by atoms with Gasteiger partial charge in [-0.05, 0) is 6.42 Å². The van der Waals surface area contributed by atoms with E-state index in [0.29, 0.717) is 26.0 Å². The lowest BCUT2D eigenvalue weighted by Crippen LogP contribution is -2.36. The van der Waals surface area contributed by atoms with Crippen LogP contribution in [-0.2, 0) is 14.3 Å². The molecule has 0 saturated carbocycles. The van der Waals surface area contributed by atoms with Crippen molar-refractivity contribution in [2.24, 2.45) is 0 Å². The molecular weight excluding hydrogens is 186 g/mol. The van der Waals surface area contributed by atoms with Gasteiger partial charge < -0.3 is 15.2 Å². The first-order chi connectivity index (χ1) is 6.72. The Morgan fingerprint density at radius 3 is 2.79 bits per heavy atom. The highest BCUT2D eigenvalue weighted by Gasteiger charge is 2.15. The summed E-state index contributed by atoms with van der Waals surface area (Å²) in [6, 6.07) is -0.839. The Labute approximate surface area is 83.4 Å². The van der Waals surface area contributed by atoms with Crippen molar-refractivity contribution in [1.82, 2.24) is 5.32 Å². The third-order valence-corrected chi connectivity index (χ3v) is 1.76. The number of carboxylic acid groups (broad SMARTS) is 1. The highest BCUT2D eigenvalue weighted by atomic mass is 16.5. The van der Waals surface area contributed by atoms with Gasteiger partial charge in [0, 0.05) is 19.6 Å². The third kappa shape index (κ3) is 6.42. The third-order valence-electron chi connectivity index (χ3n) is 1.76. The van der Waals surface area contributed by atoms with Gasteiger partial charge in [0.05, 0.1) is 0 Å². The van der Waals surface area contributed by atoms with Crippen molar-refractivity contribution >= 4 is 12.4 Å².